The van der Waals surface area contributed by atoms with Crippen LogP contribution in [0, 0.1) is 5.92 Å². The first-order chi connectivity index (χ1) is 7.13. The second kappa shape index (κ2) is 5.79. The van der Waals surface area contributed by atoms with Crippen molar-refractivity contribution in [2.24, 2.45) is 5.92 Å². The van der Waals surface area contributed by atoms with Gasteiger partial charge in [0.05, 0.1) is 0 Å². The molecule has 1 heteroatoms. The van der Waals surface area contributed by atoms with Crippen molar-refractivity contribution in [2.45, 2.75) is 46.0 Å². The quantitative estimate of drug-likeness (QED) is 0.760. The van der Waals surface area contributed by atoms with Crippen LogP contribution in [0.2, 0.25) is 0 Å². The van der Waals surface area contributed by atoms with Crippen LogP contribution in [0.3, 0.4) is 0 Å². The van der Waals surface area contributed by atoms with Crippen molar-refractivity contribution in [3.05, 3.63) is 29.8 Å². The highest BCUT2D eigenvalue weighted by Gasteiger charge is 2.09. The van der Waals surface area contributed by atoms with Crippen LogP contribution in [-0.4, -0.2) is 5.11 Å². The average Bonchev–Trinajstić information content (AvgIpc) is 2.21. The molecule has 0 amide bonds. The van der Waals surface area contributed by atoms with Gasteiger partial charge in [-0.15, -0.1) is 0 Å². The van der Waals surface area contributed by atoms with Gasteiger partial charge in [-0.3, -0.25) is 0 Å². The van der Waals surface area contributed by atoms with Crippen molar-refractivity contribution >= 4 is 0 Å². The van der Waals surface area contributed by atoms with Gasteiger partial charge in [0.1, 0.15) is 5.75 Å². The van der Waals surface area contributed by atoms with Gasteiger partial charge in [0.25, 0.3) is 0 Å². The Morgan fingerprint density at radius 2 is 1.67 bits per heavy atom. The standard InChI is InChI=1S/C14H22O/c1-4-12(6-5-11(2)3)13-7-9-14(15)10-8-13/h7-12,15H,4-6H2,1-3H3. The van der Waals surface area contributed by atoms with Gasteiger partial charge < -0.3 is 5.11 Å². The minimum Gasteiger partial charge on any atom is -0.508 e. The minimum absolute atomic E-state index is 0.359. The van der Waals surface area contributed by atoms with E-state index in [9.17, 15) is 5.11 Å². The molecule has 84 valence electrons. The van der Waals surface area contributed by atoms with Gasteiger partial charge >= 0.3 is 0 Å². The Morgan fingerprint density at radius 3 is 2.13 bits per heavy atom. The molecule has 1 nitrogen and oxygen atoms in total. The third-order valence-corrected chi connectivity index (χ3v) is 2.95. The zero-order chi connectivity index (χ0) is 11.3. The van der Waals surface area contributed by atoms with Crippen molar-refractivity contribution in [1.29, 1.82) is 0 Å². The fourth-order valence-corrected chi connectivity index (χ4v) is 1.89. The van der Waals surface area contributed by atoms with Gasteiger partial charge in [-0.1, -0.05) is 39.3 Å². The summed E-state index contributed by atoms with van der Waals surface area (Å²) in [7, 11) is 0. The Kier molecular flexibility index (Phi) is 4.67. The van der Waals surface area contributed by atoms with E-state index in [1.54, 1.807) is 12.1 Å². The maximum atomic E-state index is 9.23. The van der Waals surface area contributed by atoms with Crippen molar-refractivity contribution < 1.29 is 5.11 Å². The molecule has 0 bridgehead atoms. The molecular formula is C14H22O. The summed E-state index contributed by atoms with van der Waals surface area (Å²) in [6.07, 6.45) is 3.70. The third kappa shape index (κ3) is 3.94. The first-order valence-electron chi connectivity index (χ1n) is 5.92. The molecule has 0 saturated carbocycles. The van der Waals surface area contributed by atoms with E-state index in [-0.39, 0.29) is 0 Å². The normalized spacial score (nSPS) is 13.1. The molecule has 0 radical (unpaired) electrons. The van der Waals surface area contributed by atoms with Crippen LogP contribution in [0.15, 0.2) is 24.3 Å². The lowest BCUT2D eigenvalue weighted by Gasteiger charge is -2.16. The van der Waals surface area contributed by atoms with Crippen LogP contribution in [0.25, 0.3) is 0 Å². The molecule has 1 unspecified atom stereocenters. The fraction of sp³-hybridized carbons (Fsp3) is 0.571. The summed E-state index contributed by atoms with van der Waals surface area (Å²) in [5, 5.41) is 9.23. The van der Waals surface area contributed by atoms with Gasteiger partial charge in [0.15, 0.2) is 0 Å². The summed E-state index contributed by atoms with van der Waals surface area (Å²) in [5.41, 5.74) is 1.36. The summed E-state index contributed by atoms with van der Waals surface area (Å²) < 4.78 is 0. The largest absolute Gasteiger partial charge is 0.508 e. The van der Waals surface area contributed by atoms with Gasteiger partial charge in [-0.05, 0) is 42.4 Å². The Hall–Kier alpha value is -0.980. The van der Waals surface area contributed by atoms with Crippen LogP contribution in [0.1, 0.15) is 51.5 Å². The summed E-state index contributed by atoms with van der Waals surface area (Å²) in [6, 6.07) is 7.66. The number of hydrogen-bond acceptors (Lipinski definition) is 1. The SMILES string of the molecule is CCC(CCC(C)C)c1ccc(O)cc1. The molecule has 0 aliphatic heterocycles. The Morgan fingerprint density at radius 1 is 1.07 bits per heavy atom. The summed E-state index contributed by atoms with van der Waals surface area (Å²) in [6.45, 7) is 6.77. The van der Waals surface area contributed by atoms with Gasteiger partial charge in [0.2, 0.25) is 0 Å². The van der Waals surface area contributed by atoms with Crippen molar-refractivity contribution in [3.8, 4) is 5.75 Å². The maximum absolute atomic E-state index is 9.23. The molecule has 0 aromatic heterocycles. The highest BCUT2D eigenvalue weighted by Crippen LogP contribution is 2.27. The fourth-order valence-electron chi connectivity index (χ4n) is 1.89. The maximum Gasteiger partial charge on any atom is 0.115 e. The summed E-state index contributed by atoms with van der Waals surface area (Å²) in [5.74, 6) is 1.78. The van der Waals surface area contributed by atoms with E-state index in [1.165, 1.54) is 24.8 Å². The molecule has 1 rings (SSSR count). The molecule has 0 fully saturated rings. The number of hydrogen-bond donors (Lipinski definition) is 1. The Balaban J connectivity index is 2.61. The molecule has 0 aliphatic carbocycles. The van der Waals surface area contributed by atoms with Crippen LogP contribution < -0.4 is 0 Å². The zero-order valence-electron chi connectivity index (χ0n) is 10.0. The topological polar surface area (TPSA) is 20.2 Å². The molecule has 1 aromatic rings. The molecule has 1 atom stereocenters. The van der Waals surface area contributed by atoms with Crippen LogP contribution in [0.4, 0.5) is 0 Å². The third-order valence-electron chi connectivity index (χ3n) is 2.95. The molecule has 1 aromatic carbocycles. The summed E-state index contributed by atoms with van der Waals surface area (Å²) >= 11 is 0. The molecule has 0 spiro atoms. The van der Waals surface area contributed by atoms with E-state index in [2.05, 4.69) is 20.8 Å². The Bertz CT molecular complexity index is 274. The molecular weight excluding hydrogens is 184 g/mol. The minimum atomic E-state index is 0.359. The number of rotatable bonds is 5. The molecule has 0 heterocycles. The van der Waals surface area contributed by atoms with E-state index in [0.29, 0.717) is 11.7 Å². The number of phenols is 1. The smallest absolute Gasteiger partial charge is 0.115 e. The molecule has 0 aliphatic rings. The lowest BCUT2D eigenvalue weighted by molar-refractivity contribution is 0.472. The lowest BCUT2D eigenvalue weighted by Crippen LogP contribution is -1.99. The lowest BCUT2D eigenvalue weighted by atomic mass is 9.89. The van der Waals surface area contributed by atoms with Crippen molar-refractivity contribution in [3.63, 3.8) is 0 Å². The first kappa shape index (κ1) is 12.1. The van der Waals surface area contributed by atoms with Crippen LogP contribution in [0.5, 0.6) is 5.75 Å². The monoisotopic (exact) mass is 206 g/mol. The van der Waals surface area contributed by atoms with Crippen LogP contribution >= 0.6 is 0 Å². The van der Waals surface area contributed by atoms with Crippen molar-refractivity contribution in [1.82, 2.24) is 0 Å². The first-order valence-corrected chi connectivity index (χ1v) is 5.92. The predicted octanol–water partition coefficient (Wildman–Crippen LogP) is 4.32. The highest BCUT2D eigenvalue weighted by molar-refractivity contribution is 5.28. The molecule has 0 saturated heterocycles. The van der Waals surface area contributed by atoms with E-state index in [1.807, 2.05) is 12.1 Å². The van der Waals surface area contributed by atoms with Crippen molar-refractivity contribution in [2.75, 3.05) is 0 Å². The second-order valence-corrected chi connectivity index (χ2v) is 4.67. The van der Waals surface area contributed by atoms with E-state index < -0.39 is 0 Å². The highest BCUT2D eigenvalue weighted by atomic mass is 16.3. The van der Waals surface area contributed by atoms with Gasteiger partial charge in [0, 0.05) is 0 Å². The zero-order valence-corrected chi connectivity index (χ0v) is 10.0. The number of benzene rings is 1. The Labute approximate surface area is 93.1 Å². The van der Waals surface area contributed by atoms with Gasteiger partial charge in [-0.2, -0.15) is 0 Å². The molecule has 15 heavy (non-hydrogen) atoms. The average molecular weight is 206 g/mol. The van der Waals surface area contributed by atoms with E-state index >= 15 is 0 Å². The van der Waals surface area contributed by atoms with Gasteiger partial charge in [-0.25, -0.2) is 0 Å². The number of phenolic OH excluding ortho intramolecular Hbond substituents is 1. The predicted molar refractivity (Wildman–Crippen MR) is 65.2 cm³/mol. The van der Waals surface area contributed by atoms with E-state index in [4.69, 9.17) is 0 Å². The van der Waals surface area contributed by atoms with Crippen LogP contribution in [-0.2, 0) is 0 Å². The molecule has 1 N–H and O–H groups in total. The second-order valence-electron chi connectivity index (χ2n) is 4.67. The number of aromatic hydroxyl groups is 1. The van der Waals surface area contributed by atoms with E-state index in [0.717, 1.165) is 5.92 Å². The summed E-state index contributed by atoms with van der Waals surface area (Å²) in [4.78, 5) is 0.